The summed E-state index contributed by atoms with van der Waals surface area (Å²) in [6.45, 7) is 1.27. The number of carbonyl (C=O) groups is 2. The van der Waals surface area contributed by atoms with Crippen LogP contribution in [0.5, 0.6) is 0 Å². The lowest BCUT2D eigenvalue weighted by molar-refractivity contribution is -0.115. The SMILES string of the molecule is CC(=O)N(C(=O)Nc1ccc(F)cc1)c1cccc(N)c1. The number of anilines is 3. The number of halogens is 1. The average Bonchev–Trinajstić information content (AvgIpc) is 2.41. The molecule has 6 heteroatoms. The molecule has 0 aliphatic rings. The van der Waals surface area contributed by atoms with E-state index in [1.165, 1.54) is 37.3 Å². The zero-order valence-corrected chi connectivity index (χ0v) is 11.3. The smallest absolute Gasteiger partial charge is 0.333 e. The number of nitrogen functional groups attached to an aromatic ring is 1. The molecular weight excluding hydrogens is 273 g/mol. The molecule has 0 bridgehead atoms. The normalized spacial score (nSPS) is 10.0. The van der Waals surface area contributed by atoms with Gasteiger partial charge in [-0.25, -0.2) is 14.1 Å². The van der Waals surface area contributed by atoms with Gasteiger partial charge in [-0.3, -0.25) is 4.79 Å². The largest absolute Gasteiger partial charge is 0.399 e. The van der Waals surface area contributed by atoms with E-state index in [0.717, 1.165) is 4.90 Å². The van der Waals surface area contributed by atoms with Crippen LogP contribution >= 0.6 is 0 Å². The number of benzene rings is 2. The van der Waals surface area contributed by atoms with E-state index >= 15 is 0 Å². The van der Waals surface area contributed by atoms with E-state index in [9.17, 15) is 14.0 Å². The maximum atomic E-state index is 12.8. The van der Waals surface area contributed by atoms with Crippen molar-refractivity contribution in [2.75, 3.05) is 16.0 Å². The lowest BCUT2D eigenvalue weighted by Gasteiger charge is -2.20. The van der Waals surface area contributed by atoms with Crippen LogP contribution in [0.4, 0.5) is 26.2 Å². The Balaban J connectivity index is 2.24. The maximum Gasteiger partial charge on any atom is 0.333 e. The van der Waals surface area contributed by atoms with Crippen molar-refractivity contribution in [3.63, 3.8) is 0 Å². The minimum absolute atomic E-state index is 0.363. The van der Waals surface area contributed by atoms with Gasteiger partial charge in [-0.2, -0.15) is 0 Å². The molecule has 0 aliphatic carbocycles. The second kappa shape index (κ2) is 6.04. The van der Waals surface area contributed by atoms with Crippen LogP contribution in [0, 0.1) is 5.82 Å². The summed E-state index contributed by atoms with van der Waals surface area (Å²) >= 11 is 0. The van der Waals surface area contributed by atoms with Crippen LogP contribution < -0.4 is 16.0 Å². The van der Waals surface area contributed by atoms with Gasteiger partial charge in [0.25, 0.3) is 0 Å². The number of nitrogens with zero attached hydrogens (tertiary/aromatic N) is 1. The molecule has 2 aromatic rings. The Morgan fingerprint density at radius 3 is 2.38 bits per heavy atom. The summed E-state index contributed by atoms with van der Waals surface area (Å²) in [5, 5.41) is 2.53. The number of hydrogen-bond donors (Lipinski definition) is 2. The molecule has 0 aromatic heterocycles. The summed E-state index contributed by atoms with van der Waals surface area (Å²) in [5.74, 6) is -0.868. The van der Waals surface area contributed by atoms with Crippen LogP contribution in [-0.2, 0) is 4.79 Å². The number of nitrogens with two attached hydrogens (primary N) is 1. The van der Waals surface area contributed by atoms with Gasteiger partial charge in [-0.1, -0.05) is 6.07 Å². The first-order valence-corrected chi connectivity index (χ1v) is 6.20. The first-order valence-electron chi connectivity index (χ1n) is 6.20. The zero-order chi connectivity index (χ0) is 15.4. The summed E-state index contributed by atoms with van der Waals surface area (Å²) in [6.07, 6.45) is 0. The molecule has 0 unspecified atom stereocenters. The molecule has 0 spiro atoms. The Kier molecular flexibility index (Phi) is 4.18. The van der Waals surface area contributed by atoms with E-state index in [1.807, 2.05) is 0 Å². The highest BCUT2D eigenvalue weighted by Gasteiger charge is 2.20. The molecule has 0 heterocycles. The van der Waals surface area contributed by atoms with E-state index in [1.54, 1.807) is 18.2 Å². The molecule has 3 amide bonds. The average molecular weight is 287 g/mol. The summed E-state index contributed by atoms with van der Waals surface area (Å²) < 4.78 is 12.8. The quantitative estimate of drug-likeness (QED) is 0.834. The summed E-state index contributed by atoms with van der Waals surface area (Å²) in [7, 11) is 0. The summed E-state index contributed by atoms with van der Waals surface area (Å²) in [5.41, 5.74) is 6.84. The summed E-state index contributed by atoms with van der Waals surface area (Å²) in [4.78, 5) is 24.9. The number of amides is 3. The standard InChI is InChI=1S/C15H14FN3O2/c1-10(20)19(14-4-2-3-12(17)9-14)15(21)18-13-7-5-11(16)6-8-13/h2-9H,17H2,1H3,(H,18,21). The molecule has 0 saturated carbocycles. The van der Waals surface area contributed by atoms with Gasteiger partial charge in [0.05, 0.1) is 5.69 Å². The van der Waals surface area contributed by atoms with E-state index in [4.69, 9.17) is 5.73 Å². The van der Waals surface area contributed by atoms with E-state index in [-0.39, 0.29) is 0 Å². The second-order valence-corrected chi connectivity index (χ2v) is 4.39. The predicted molar refractivity (Wildman–Crippen MR) is 79.4 cm³/mol. The molecule has 0 aliphatic heterocycles. The number of imide groups is 1. The van der Waals surface area contributed by atoms with Gasteiger partial charge >= 0.3 is 6.03 Å². The third-order valence-corrected chi connectivity index (χ3v) is 2.74. The van der Waals surface area contributed by atoms with Crippen LogP contribution in [0.3, 0.4) is 0 Å². The molecule has 2 aromatic carbocycles. The van der Waals surface area contributed by atoms with Gasteiger partial charge in [-0.15, -0.1) is 0 Å². The Hall–Kier alpha value is -2.89. The van der Waals surface area contributed by atoms with Crippen molar-refractivity contribution >= 4 is 29.0 Å². The van der Waals surface area contributed by atoms with Crippen molar-refractivity contribution in [3.05, 3.63) is 54.3 Å². The fourth-order valence-corrected chi connectivity index (χ4v) is 1.82. The minimum atomic E-state index is -0.639. The Bertz CT molecular complexity index is 671. The van der Waals surface area contributed by atoms with E-state index in [2.05, 4.69) is 5.32 Å². The van der Waals surface area contributed by atoms with Gasteiger partial charge < -0.3 is 11.1 Å². The summed E-state index contributed by atoms with van der Waals surface area (Å²) in [6, 6.07) is 11.0. The molecule has 0 fully saturated rings. The minimum Gasteiger partial charge on any atom is -0.399 e. The number of nitrogens with one attached hydrogen (secondary N) is 1. The second-order valence-electron chi connectivity index (χ2n) is 4.39. The monoisotopic (exact) mass is 287 g/mol. The molecule has 3 N–H and O–H groups in total. The fourth-order valence-electron chi connectivity index (χ4n) is 1.82. The maximum absolute atomic E-state index is 12.8. The Morgan fingerprint density at radius 1 is 1.14 bits per heavy atom. The van der Waals surface area contributed by atoms with Crippen molar-refractivity contribution in [1.29, 1.82) is 0 Å². The van der Waals surface area contributed by atoms with Gasteiger partial charge in [0.2, 0.25) is 5.91 Å². The Morgan fingerprint density at radius 2 is 1.81 bits per heavy atom. The predicted octanol–water partition coefficient (Wildman–Crippen LogP) is 2.99. The fraction of sp³-hybridized carbons (Fsp3) is 0.0667. The number of hydrogen-bond acceptors (Lipinski definition) is 3. The highest BCUT2D eigenvalue weighted by molar-refractivity contribution is 6.17. The number of rotatable bonds is 2. The van der Waals surface area contributed by atoms with Gasteiger partial charge in [0.1, 0.15) is 5.82 Å². The van der Waals surface area contributed by atoms with Crippen LogP contribution in [0.1, 0.15) is 6.92 Å². The molecule has 0 saturated heterocycles. The third-order valence-electron chi connectivity index (χ3n) is 2.74. The van der Waals surface area contributed by atoms with Gasteiger partial charge in [0.15, 0.2) is 0 Å². The van der Waals surface area contributed by atoms with Crippen LogP contribution in [0.25, 0.3) is 0 Å². The highest BCUT2D eigenvalue weighted by Crippen LogP contribution is 2.19. The van der Waals surface area contributed by atoms with Gasteiger partial charge in [-0.05, 0) is 42.5 Å². The van der Waals surface area contributed by atoms with Crippen molar-refractivity contribution in [2.24, 2.45) is 0 Å². The third kappa shape index (κ3) is 3.56. The molecule has 21 heavy (non-hydrogen) atoms. The highest BCUT2D eigenvalue weighted by atomic mass is 19.1. The van der Waals surface area contributed by atoms with Crippen molar-refractivity contribution in [1.82, 2.24) is 0 Å². The van der Waals surface area contributed by atoms with Gasteiger partial charge in [0, 0.05) is 18.3 Å². The van der Waals surface area contributed by atoms with Crippen molar-refractivity contribution < 1.29 is 14.0 Å². The van der Waals surface area contributed by atoms with E-state index < -0.39 is 17.8 Å². The molecule has 0 radical (unpaired) electrons. The van der Waals surface area contributed by atoms with E-state index in [0.29, 0.717) is 17.1 Å². The van der Waals surface area contributed by atoms with Crippen molar-refractivity contribution in [3.8, 4) is 0 Å². The van der Waals surface area contributed by atoms with Crippen molar-refractivity contribution in [2.45, 2.75) is 6.92 Å². The number of carbonyl (C=O) groups excluding carboxylic acids is 2. The lowest BCUT2D eigenvalue weighted by Crippen LogP contribution is -2.38. The van der Waals surface area contributed by atoms with Crippen LogP contribution in [0.2, 0.25) is 0 Å². The molecule has 5 nitrogen and oxygen atoms in total. The first-order chi connectivity index (χ1) is 9.97. The van der Waals surface area contributed by atoms with Crippen LogP contribution in [0.15, 0.2) is 48.5 Å². The lowest BCUT2D eigenvalue weighted by atomic mass is 10.2. The van der Waals surface area contributed by atoms with Crippen LogP contribution in [-0.4, -0.2) is 11.9 Å². The number of urea groups is 1. The zero-order valence-electron chi connectivity index (χ0n) is 11.3. The molecule has 108 valence electrons. The molecule has 0 atom stereocenters. The Labute approximate surface area is 121 Å². The molecular formula is C15H14FN3O2. The molecule has 2 rings (SSSR count). The topological polar surface area (TPSA) is 75.4 Å². The first kappa shape index (κ1) is 14.5.